The summed E-state index contributed by atoms with van der Waals surface area (Å²) in [5.41, 5.74) is -3.61. The number of hydrogen-bond donors (Lipinski definition) is 4. The lowest BCUT2D eigenvalue weighted by atomic mass is 9.83. The van der Waals surface area contributed by atoms with Gasteiger partial charge in [-0.1, -0.05) is 69.2 Å². The molecule has 4 N–H and O–H groups in total. The van der Waals surface area contributed by atoms with Crippen molar-refractivity contribution in [2.45, 2.75) is 205 Å². The number of phosphoric ester groups is 2. The summed E-state index contributed by atoms with van der Waals surface area (Å²) in [6.45, 7) is 28.0. The molecular weight excluding hydrogens is 778 g/mol. The molecule has 0 aromatic rings. The first-order valence-electron chi connectivity index (χ1n) is 20.0. The fourth-order valence-electron chi connectivity index (χ4n) is 5.04. The Balaban J connectivity index is 0. The normalized spacial score (nSPS) is 16.4. The van der Waals surface area contributed by atoms with E-state index in [1.54, 1.807) is 69.2 Å². The zero-order chi connectivity index (χ0) is 45.5. The topological polar surface area (TPSA) is 220 Å². The second kappa shape index (κ2) is 23.7. The molecule has 16 heteroatoms. The largest absolute Gasteiger partial charge is 0.472 e. The summed E-state index contributed by atoms with van der Waals surface area (Å²) in [6.07, 6.45) is 2.37. The number of Topliss-reactive ketones (excluding diaryl/α,β-unsaturated/α-hetero) is 4. The molecular formula is C41H80O14P2. The fourth-order valence-corrected chi connectivity index (χ4v) is 7.53. The Bertz CT molecular complexity index is 1360. The van der Waals surface area contributed by atoms with Crippen LogP contribution in [0.15, 0.2) is 0 Å². The summed E-state index contributed by atoms with van der Waals surface area (Å²) < 4.78 is 43.8. The zero-order valence-electron chi connectivity index (χ0n) is 38.1. The maximum Gasteiger partial charge on any atom is 0.472 e. The summed E-state index contributed by atoms with van der Waals surface area (Å²) in [6, 6.07) is 0. The van der Waals surface area contributed by atoms with Gasteiger partial charge in [-0.15, -0.1) is 0 Å². The lowest BCUT2D eigenvalue weighted by Gasteiger charge is -2.31. The van der Waals surface area contributed by atoms with E-state index in [4.69, 9.17) is 18.1 Å². The number of aliphatic hydroxyl groups excluding tert-OH is 2. The van der Waals surface area contributed by atoms with Crippen LogP contribution in [0.25, 0.3) is 0 Å². The molecule has 57 heavy (non-hydrogen) atoms. The third-order valence-electron chi connectivity index (χ3n) is 8.36. The fraction of sp³-hybridized carbons (Fsp3) is 0.902. The van der Waals surface area contributed by atoms with E-state index >= 15 is 0 Å². The average Bonchev–Trinajstić information content (AvgIpc) is 2.98. The molecule has 0 aliphatic carbocycles. The van der Waals surface area contributed by atoms with E-state index in [2.05, 4.69) is 41.5 Å². The Morgan fingerprint density at radius 1 is 0.474 bits per heavy atom. The minimum Gasteiger partial charge on any atom is -0.385 e. The number of hydrogen-bond acceptors (Lipinski definition) is 12. The monoisotopic (exact) mass is 859 g/mol. The lowest BCUT2D eigenvalue weighted by molar-refractivity contribution is -0.135. The highest BCUT2D eigenvalue weighted by Crippen LogP contribution is 2.49. The molecule has 0 radical (unpaired) electrons. The first-order valence-corrected chi connectivity index (χ1v) is 23.0. The van der Waals surface area contributed by atoms with Crippen molar-refractivity contribution in [3.05, 3.63) is 0 Å². The van der Waals surface area contributed by atoms with Crippen LogP contribution in [0.2, 0.25) is 0 Å². The van der Waals surface area contributed by atoms with E-state index < -0.39 is 61.5 Å². The number of rotatable bonds is 25. The van der Waals surface area contributed by atoms with E-state index in [0.717, 1.165) is 19.3 Å². The van der Waals surface area contributed by atoms with Gasteiger partial charge in [0, 0.05) is 49.4 Å². The first-order chi connectivity index (χ1) is 25.2. The van der Waals surface area contributed by atoms with Crippen molar-refractivity contribution in [1.82, 2.24) is 0 Å². The molecule has 0 aromatic heterocycles. The van der Waals surface area contributed by atoms with Crippen molar-refractivity contribution in [3.63, 3.8) is 0 Å². The van der Waals surface area contributed by atoms with Crippen LogP contribution < -0.4 is 0 Å². The minimum atomic E-state index is -4.30. The van der Waals surface area contributed by atoms with E-state index in [0.29, 0.717) is 38.5 Å². The molecule has 0 saturated heterocycles. The third kappa shape index (κ3) is 31.4. The van der Waals surface area contributed by atoms with Crippen molar-refractivity contribution < 1.29 is 66.4 Å². The van der Waals surface area contributed by atoms with E-state index in [-0.39, 0.29) is 48.5 Å². The molecule has 0 saturated carbocycles. The van der Waals surface area contributed by atoms with Crippen LogP contribution in [-0.4, -0.2) is 79.8 Å². The van der Waals surface area contributed by atoms with Gasteiger partial charge in [-0.25, -0.2) is 9.13 Å². The van der Waals surface area contributed by atoms with Gasteiger partial charge in [0.2, 0.25) is 0 Å². The second-order valence-corrected chi connectivity index (χ2v) is 23.6. The van der Waals surface area contributed by atoms with Crippen LogP contribution in [0.1, 0.15) is 181 Å². The Kier molecular flexibility index (Phi) is 24.1. The molecule has 0 bridgehead atoms. The average molecular weight is 859 g/mol. The molecule has 14 nitrogen and oxygen atoms in total. The Morgan fingerprint density at radius 2 is 0.772 bits per heavy atom. The van der Waals surface area contributed by atoms with Gasteiger partial charge in [0.1, 0.15) is 23.8 Å². The minimum absolute atomic E-state index is 0.0706. The predicted molar refractivity (Wildman–Crippen MR) is 223 cm³/mol. The summed E-state index contributed by atoms with van der Waals surface area (Å²) in [5, 5.41) is 20.7. The van der Waals surface area contributed by atoms with Gasteiger partial charge in [0.15, 0.2) is 11.6 Å². The van der Waals surface area contributed by atoms with Crippen molar-refractivity contribution in [2.24, 2.45) is 21.7 Å². The van der Waals surface area contributed by atoms with Crippen LogP contribution >= 0.6 is 15.6 Å². The summed E-state index contributed by atoms with van der Waals surface area (Å²) in [7, 11) is -8.61. The van der Waals surface area contributed by atoms with Crippen molar-refractivity contribution in [3.8, 4) is 0 Å². The van der Waals surface area contributed by atoms with Crippen molar-refractivity contribution in [1.29, 1.82) is 0 Å². The van der Waals surface area contributed by atoms with E-state index in [1.807, 2.05) is 0 Å². The molecule has 338 valence electrons. The third-order valence-corrected chi connectivity index (χ3v) is 10.8. The van der Waals surface area contributed by atoms with Gasteiger partial charge in [-0.3, -0.25) is 37.3 Å². The molecule has 0 aromatic carbocycles. The molecule has 0 aliphatic heterocycles. The number of phosphoric acid groups is 2. The number of aliphatic hydroxyl groups is 2. The number of carbonyl (C=O) groups is 4. The molecule has 4 atom stereocenters. The van der Waals surface area contributed by atoms with E-state index in [9.17, 15) is 48.3 Å². The first kappa shape index (κ1) is 57.9. The lowest BCUT2D eigenvalue weighted by Crippen LogP contribution is -2.39. The van der Waals surface area contributed by atoms with Crippen LogP contribution in [-0.2, 0) is 46.4 Å². The van der Waals surface area contributed by atoms with Crippen LogP contribution in [0.5, 0.6) is 0 Å². The molecule has 4 unspecified atom stereocenters. The molecule has 0 rings (SSSR count). The van der Waals surface area contributed by atoms with Crippen LogP contribution in [0.3, 0.4) is 0 Å². The number of ketones is 4. The summed E-state index contributed by atoms with van der Waals surface area (Å²) >= 11 is 0. The highest BCUT2D eigenvalue weighted by Gasteiger charge is 2.39. The quantitative estimate of drug-likeness (QED) is 0.0629. The van der Waals surface area contributed by atoms with Gasteiger partial charge in [0.05, 0.1) is 24.4 Å². The SMILES string of the molecule is CC(C)(C)CCC(=O)CCCC(=O)C(O)C(C)(C)COP(=O)(O)OC(C)(C)C.CC(C)(C)CCCC(=O)CCCC(=O)C(O)C(C)(C)COP(=O)(O)OC(C)(C)C. The highest BCUT2D eigenvalue weighted by molar-refractivity contribution is 7.47. The molecule has 0 spiro atoms. The standard InChI is InChI=1S/C21H41O7P.C20H39O7P/c1-19(2,3)14-10-12-16(22)11-9-13-17(23)18(24)21(7,8)15-27-29(25,26)28-20(4,5)6;1-18(2,3)13-12-15(21)10-9-11-16(22)17(23)20(7,8)14-26-28(24,25)27-19(4,5)6/h18,24H,9-15H2,1-8H3,(H,25,26);17,23H,9-14H2,1-8H3,(H,24,25). The van der Waals surface area contributed by atoms with Gasteiger partial charge >= 0.3 is 15.6 Å². The maximum absolute atomic E-state index is 12.3. The van der Waals surface area contributed by atoms with Gasteiger partial charge in [0.25, 0.3) is 0 Å². The zero-order valence-corrected chi connectivity index (χ0v) is 39.9. The molecule has 0 amide bonds. The van der Waals surface area contributed by atoms with Gasteiger partial charge in [-0.05, 0) is 84.5 Å². The smallest absolute Gasteiger partial charge is 0.385 e. The molecule has 0 fully saturated rings. The van der Waals surface area contributed by atoms with Gasteiger partial charge < -0.3 is 20.0 Å². The van der Waals surface area contributed by atoms with Crippen molar-refractivity contribution in [2.75, 3.05) is 13.2 Å². The predicted octanol–water partition coefficient (Wildman–Crippen LogP) is 9.27. The van der Waals surface area contributed by atoms with Gasteiger partial charge in [-0.2, -0.15) is 0 Å². The Morgan fingerprint density at radius 3 is 1.07 bits per heavy atom. The van der Waals surface area contributed by atoms with Crippen molar-refractivity contribution >= 4 is 38.8 Å². The summed E-state index contributed by atoms with van der Waals surface area (Å²) in [4.78, 5) is 67.9. The number of carbonyl (C=O) groups excluding carboxylic acids is 4. The Hall–Kier alpha value is -1.18. The second-order valence-electron chi connectivity index (χ2n) is 20.9. The molecule has 0 heterocycles. The van der Waals surface area contributed by atoms with Crippen LogP contribution in [0.4, 0.5) is 0 Å². The summed E-state index contributed by atoms with van der Waals surface area (Å²) in [5.74, 6) is -0.590. The highest BCUT2D eigenvalue weighted by atomic mass is 31.2. The van der Waals surface area contributed by atoms with Crippen LogP contribution in [0, 0.1) is 21.7 Å². The molecule has 0 aliphatic rings. The Labute approximate surface area is 344 Å². The maximum atomic E-state index is 12.3. The van der Waals surface area contributed by atoms with E-state index in [1.165, 1.54) is 0 Å².